The van der Waals surface area contributed by atoms with E-state index >= 15 is 0 Å². The number of hydrogen-bond acceptors (Lipinski definition) is 5. The smallest absolute Gasteiger partial charge is 0.255 e. The van der Waals surface area contributed by atoms with E-state index in [1.807, 2.05) is 12.1 Å². The van der Waals surface area contributed by atoms with Gasteiger partial charge in [0.1, 0.15) is 17.9 Å². The van der Waals surface area contributed by atoms with Crippen molar-refractivity contribution in [3.05, 3.63) is 29.3 Å². The van der Waals surface area contributed by atoms with Gasteiger partial charge >= 0.3 is 0 Å². The Morgan fingerprint density at radius 2 is 2.04 bits per heavy atom. The van der Waals surface area contributed by atoms with Crippen molar-refractivity contribution in [2.75, 3.05) is 19.6 Å². The average molecular weight is 385 g/mol. The summed E-state index contributed by atoms with van der Waals surface area (Å²) in [5.41, 5.74) is 1.49. The predicted molar refractivity (Wildman–Crippen MR) is 103 cm³/mol. The topological polar surface area (TPSA) is 79.0 Å². The van der Waals surface area contributed by atoms with E-state index < -0.39 is 6.04 Å². The van der Waals surface area contributed by atoms with E-state index in [0.717, 1.165) is 37.4 Å². The Hall–Kier alpha value is -2.41. The number of piperidine rings is 2. The molecule has 0 unspecified atom stereocenters. The molecule has 0 bridgehead atoms. The van der Waals surface area contributed by atoms with Crippen molar-refractivity contribution in [2.24, 2.45) is 5.92 Å². The normalized spacial score (nSPS) is 28.3. The van der Waals surface area contributed by atoms with E-state index in [1.165, 1.54) is 0 Å². The number of nitrogens with zero attached hydrogens (tertiary/aromatic N) is 2. The zero-order chi connectivity index (χ0) is 19.8. The molecule has 2 fully saturated rings. The molecule has 0 radical (unpaired) electrons. The molecule has 3 aliphatic heterocycles. The van der Waals surface area contributed by atoms with Gasteiger partial charge in [0.05, 0.1) is 0 Å². The summed E-state index contributed by atoms with van der Waals surface area (Å²) in [4.78, 5) is 40.3. The van der Waals surface area contributed by atoms with Crippen molar-refractivity contribution in [1.82, 2.24) is 15.1 Å². The maximum Gasteiger partial charge on any atom is 0.255 e. The summed E-state index contributed by atoms with van der Waals surface area (Å²) >= 11 is 0. The molecule has 1 aromatic carbocycles. The fourth-order valence-corrected chi connectivity index (χ4v) is 4.34. The Morgan fingerprint density at radius 1 is 1.21 bits per heavy atom. The van der Waals surface area contributed by atoms with Crippen LogP contribution < -0.4 is 10.1 Å². The second-order valence-electron chi connectivity index (χ2n) is 8.03. The van der Waals surface area contributed by atoms with Crippen molar-refractivity contribution in [1.29, 1.82) is 0 Å². The monoisotopic (exact) mass is 385 g/mol. The van der Waals surface area contributed by atoms with E-state index in [9.17, 15) is 14.4 Å². The summed E-state index contributed by atoms with van der Waals surface area (Å²) in [6.07, 6.45) is 1.89. The van der Waals surface area contributed by atoms with E-state index in [4.69, 9.17) is 4.74 Å². The Bertz CT molecular complexity index is 809. The summed E-state index contributed by atoms with van der Waals surface area (Å²) in [5, 5.41) is 2.33. The quantitative estimate of drug-likeness (QED) is 0.796. The minimum Gasteiger partial charge on any atom is -0.489 e. The van der Waals surface area contributed by atoms with Crippen LogP contribution in [0.25, 0.3) is 0 Å². The molecule has 0 saturated carbocycles. The molecule has 0 aliphatic carbocycles. The number of nitrogens with one attached hydrogen (secondary N) is 1. The zero-order valence-corrected chi connectivity index (χ0v) is 16.4. The summed E-state index contributed by atoms with van der Waals surface area (Å²) in [7, 11) is 0. The Kier molecular flexibility index (Phi) is 5.10. The molecule has 3 aliphatic rings. The number of amides is 3. The molecular formula is C21H27N3O4. The van der Waals surface area contributed by atoms with Crippen molar-refractivity contribution in [2.45, 2.75) is 51.8 Å². The number of likely N-dealkylation sites (N-methyl/N-ethyl adjacent to an activating group) is 1. The lowest BCUT2D eigenvalue weighted by molar-refractivity contribution is -0.136. The zero-order valence-electron chi connectivity index (χ0n) is 16.4. The summed E-state index contributed by atoms with van der Waals surface area (Å²) in [6, 6.07) is 4.99. The number of likely N-dealkylation sites (tertiary alicyclic amines) is 1. The van der Waals surface area contributed by atoms with Crippen molar-refractivity contribution >= 4 is 17.7 Å². The Balaban J connectivity index is 1.48. The van der Waals surface area contributed by atoms with Crippen LogP contribution in [0.5, 0.6) is 5.75 Å². The first-order chi connectivity index (χ1) is 13.5. The fourth-order valence-electron chi connectivity index (χ4n) is 4.34. The van der Waals surface area contributed by atoms with Gasteiger partial charge in [-0.3, -0.25) is 24.6 Å². The van der Waals surface area contributed by atoms with Gasteiger partial charge < -0.3 is 9.64 Å². The van der Waals surface area contributed by atoms with Crippen molar-refractivity contribution in [3.63, 3.8) is 0 Å². The third kappa shape index (κ3) is 3.51. The van der Waals surface area contributed by atoms with Crippen LogP contribution in [-0.4, -0.2) is 59.3 Å². The van der Waals surface area contributed by atoms with Gasteiger partial charge in [0, 0.05) is 25.1 Å². The molecule has 3 atom stereocenters. The molecule has 0 aromatic heterocycles. The molecule has 7 nitrogen and oxygen atoms in total. The standard InChI is InChI=1S/C21H27N3O4/c1-3-23-9-8-13(2)18(12-23)28-15-4-5-16-14(10-15)11-24(21(16)27)17-6-7-19(25)22-20(17)26/h4-5,10,13,17-18H,3,6-9,11-12H2,1-2H3,(H,22,25,26)/t13-,17-,18+/m1/s1. The highest BCUT2D eigenvalue weighted by Gasteiger charge is 2.39. The Labute approximate surface area is 165 Å². The van der Waals surface area contributed by atoms with Crippen molar-refractivity contribution < 1.29 is 19.1 Å². The van der Waals surface area contributed by atoms with Crippen LogP contribution in [0.15, 0.2) is 18.2 Å². The van der Waals surface area contributed by atoms with Gasteiger partial charge in [0.2, 0.25) is 11.8 Å². The van der Waals surface area contributed by atoms with E-state index in [0.29, 0.717) is 24.4 Å². The molecule has 150 valence electrons. The third-order valence-electron chi connectivity index (χ3n) is 6.20. The summed E-state index contributed by atoms with van der Waals surface area (Å²) in [6.45, 7) is 7.80. The SMILES string of the molecule is CCN1CC[C@@H](C)[C@@H](Oc2ccc3c(c2)CN([C@@H]2CCC(=O)NC2=O)C3=O)C1. The Morgan fingerprint density at radius 3 is 2.79 bits per heavy atom. The molecule has 2 saturated heterocycles. The molecule has 1 aromatic rings. The van der Waals surface area contributed by atoms with Gasteiger partial charge in [-0.1, -0.05) is 13.8 Å². The molecular weight excluding hydrogens is 358 g/mol. The highest BCUT2D eigenvalue weighted by molar-refractivity contribution is 6.05. The molecule has 3 amide bonds. The maximum absolute atomic E-state index is 12.8. The van der Waals surface area contributed by atoms with Crippen LogP contribution >= 0.6 is 0 Å². The second-order valence-corrected chi connectivity index (χ2v) is 8.03. The van der Waals surface area contributed by atoms with Gasteiger partial charge in [-0.2, -0.15) is 0 Å². The maximum atomic E-state index is 12.8. The van der Waals surface area contributed by atoms with Gasteiger partial charge in [0.25, 0.3) is 5.91 Å². The highest BCUT2D eigenvalue weighted by atomic mass is 16.5. The van der Waals surface area contributed by atoms with Crippen LogP contribution in [0.3, 0.4) is 0 Å². The number of fused-ring (bicyclic) bond motifs is 1. The lowest BCUT2D eigenvalue weighted by Gasteiger charge is -2.36. The lowest BCUT2D eigenvalue weighted by atomic mass is 9.96. The molecule has 28 heavy (non-hydrogen) atoms. The lowest BCUT2D eigenvalue weighted by Crippen LogP contribution is -2.52. The van der Waals surface area contributed by atoms with Crippen LogP contribution in [-0.2, 0) is 16.1 Å². The van der Waals surface area contributed by atoms with Crippen LogP contribution in [0.4, 0.5) is 0 Å². The number of rotatable bonds is 4. The molecule has 3 heterocycles. The molecule has 0 spiro atoms. The number of carbonyl (C=O) groups excluding carboxylic acids is 3. The number of imide groups is 1. The highest BCUT2D eigenvalue weighted by Crippen LogP contribution is 2.31. The first-order valence-corrected chi connectivity index (χ1v) is 10.1. The van der Waals surface area contributed by atoms with Gasteiger partial charge in [-0.25, -0.2) is 0 Å². The van der Waals surface area contributed by atoms with Crippen LogP contribution in [0.2, 0.25) is 0 Å². The van der Waals surface area contributed by atoms with Gasteiger partial charge in [-0.15, -0.1) is 0 Å². The minimum atomic E-state index is -0.585. The third-order valence-corrected chi connectivity index (χ3v) is 6.20. The van der Waals surface area contributed by atoms with Gasteiger partial charge in [0.15, 0.2) is 0 Å². The molecule has 7 heteroatoms. The number of benzene rings is 1. The largest absolute Gasteiger partial charge is 0.489 e. The summed E-state index contributed by atoms with van der Waals surface area (Å²) < 4.78 is 6.28. The first kappa shape index (κ1) is 18.9. The van der Waals surface area contributed by atoms with Crippen LogP contribution in [0.1, 0.15) is 49.0 Å². The van der Waals surface area contributed by atoms with E-state index in [-0.39, 0.29) is 30.2 Å². The number of carbonyl (C=O) groups is 3. The molecule has 4 rings (SSSR count). The summed E-state index contributed by atoms with van der Waals surface area (Å²) in [5.74, 6) is 0.441. The average Bonchev–Trinajstić information content (AvgIpc) is 2.99. The fraction of sp³-hybridized carbons (Fsp3) is 0.571. The number of ether oxygens (including phenoxy) is 1. The minimum absolute atomic E-state index is 0.134. The van der Waals surface area contributed by atoms with Gasteiger partial charge in [-0.05, 0) is 55.6 Å². The van der Waals surface area contributed by atoms with E-state index in [1.54, 1.807) is 11.0 Å². The van der Waals surface area contributed by atoms with E-state index in [2.05, 4.69) is 24.1 Å². The van der Waals surface area contributed by atoms with Crippen molar-refractivity contribution in [3.8, 4) is 5.75 Å². The number of hydrogen-bond donors (Lipinski definition) is 1. The second kappa shape index (κ2) is 7.54. The van der Waals surface area contributed by atoms with Crippen LogP contribution in [0, 0.1) is 5.92 Å². The predicted octanol–water partition coefficient (Wildman–Crippen LogP) is 1.56. The first-order valence-electron chi connectivity index (χ1n) is 10.1. The molecule has 1 N–H and O–H groups in total.